The normalized spacial score (nSPS) is 37.5. The number of ketones is 1. The molecular formula is C16H22N2O4. The van der Waals surface area contributed by atoms with Crippen molar-refractivity contribution in [2.45, 2.75) is 32.9 Å². The summed E-state index contributed by atoms with van der Waals surface area (Å²) >= 11 is 0. The van der Waals surface area contributed by atoms with Crippen LogP contribution in [0.5, 0.6) is 0 Å². The fourth-order valence-corrected chi connectivity index (χ4v) is 4.12. The summed E-state index contributed by atoms with van der Waals surface area (Å²) in [7, 11) is 0. The van der Waals surface area contributed by atoms with E-state index >= 15 is 0 Å². The molecule has 6 atom stereocenters. The van der Waals surface area contributed by atoms with Crippen molar-refractivity contribution in [2.24, 2.45) is 34.8 Å². The fraction of sp³-hybridized carbons (Fsp3) is 0.688. The van der Waals surface area contributed by atoms with Crippen LogP contribution in [-0.2, 0) is 14.4 Å². The van der Waals surface area contributed by atoms with E-state index in [2.05, 4.69) is 0 Å². The summed E-state index contributed by atoms with van der Waals surface area (Å²) in [5.41, 5.74) is 5.59. The Balaban J connectivity index is 1.91. The van der Waals surface area contributed by atoms with Gasteiger partial charge in [-0.05, 0) is 11.3 Å². The summed E-state index contributed by atoms with van der Waals surface area (Å²) in [5, 5.41) is 9.61. The van der Waals surface area contributed by atoms with Crippen LogP contribution < -0.4 is 5.73 Å². The molecule has 3 rings (SSSR count). The molecule has 2 fully saturated rings. The van der Waals surface area contributed by atoms with E-state index in [0.717, 1.165) is 0 Å². The molecule has 0 unspecified atom stereocenters. The van der Waals surface area contributed by atoms with E-state index in [-0.39, 0.29) is 35.4 Å². The number of fused-ring (bicyclic) bond motifs is 5. The number of carbonyl (C=O) groups excluding carboxylic acids is 2. The molecule has 1 amide bonds. The van der Waals surface area contributed by atoms with E-state index in [1.165, 1.54) is 4.90 Å². The number of hydrogen-bond acceptors (Lipinski definition) is 4. The number of hydrogen-bond donors (Lipinski definition) is 2. The van der Waals surface area contributed by atoms with E-state index in [9.17, 15) is 19.5 Å². The number of carboxylic acid groups (broad SMARTS) is 1. The highest BCUT2D eigenvalue weighted by atomic mass is 16.4. The van der Waals surface area contributed by atoms with E-state index in [1.54, 1.807) is 0 Å². The van der Waals surface area contributed by atoms with Crippen molar-refractivity contribution in [2.75, 3.05) is 6.54 Å². The monoisotopic (exact) mass is 306 g/mol. The summed E-state index contributed by atoms with van der Waals surface area (Å²) in [5.74, 6) is -2.26. The molecule has 22 heavy (non-hydrogen) atoms. The molecule has 3 N–H and O–H groups in total. The minimum absolute atomic E-state index is 0.0836. The molecule has 6 heteroatoms. The number of amides is 1. The Labute approximate surface area is 129 Å². The van der Waals surface area contributed by atoms with Crippen LogP contribution in [0.3, 0.4) is 0 Å². The molecule has 120 valence electrons. The average molecular weight is 306 g/mol. The second-order valence-corrected chi connectivity index (χ2v) is 7.70. The standard InChI is InChI=1S/C16H22N2O4/c1-16(2,3)13(17)14(20)18-6-9-7-4-5-8(12(7)19)10(9)11(18)15(21)22/h4-5,7-11,13H,6,17H2,1-3H3,(H,21,22)/t7-,8+,9+,10-,11-,13+/m0/s1. The first kappa shape index (κ1) is 15.2. The number of carbonyl (C=O) groups is 3. The Kier molecular flexibility index (Phi) is 3.22. The van der Waals surface area contributed by atoms with E-state index < -0.39 is 23.5 Å². The third-order valence-corrected chi connectivity index (χ3v) is 5.40. The molecular weight excluding hydrogens is 284 g/mol. The van der Waals surface area contributed by atoms with Gasteiger partial charge in [-0.25, -0.2) is 4.79 Å². The van der Waals surface area contributed by atoms with Crippen LogP contribution in [0.1, 0.15) is 20.8 Å². The first-order chi connectivity index (χ1) is 10.1. The molecule has 0 aromatic rings. The Bertz CT molecular complexity index is 577. The van der Waals surface area contributed by atoms with Crippen molar-refractivity contribution in [3.8, 4) is 0 Å². The van der Waals surface area contributed by atoms with Crippen molar-refractivity contribution < 1.29 is 19.5 Å². The maximum atomic E-state index is 12.7. The SMILES string of the molecule is CC(C)(C)[C@H](N)C(=O)N1C[C@H]2[C@@H]([C@H]1C(=O)O)[C@H]1C=C[C@@H]2C1=O. The first-order valence-corrected chi connectivity index (χ1v) is 7.65. The van der Waals surface area contributed by atoms with Crippen LogP contribution >= 0.6 is 0 Å². The third kappa shape index (κ3) is 1.93. The summed E-state index contributed by atoms with van der Waals surface area (Å²) in [4.78, 5) is 38.0. The van der Waals surface area contributed by atoms with Gasteiger partial charge in [0, 0.05) is 24.3 Å². The minimum Gasteiger partial charge on any atom is -0.480 e. The van der Waals surface area contributed by atoms with Gasteiger partial charge in [0.15, 0.2) is 0 Å². The summed E-state index contributed by atoms with van der Waals surface area (Å²) in [6.45, 7) is 5.88. The van der Waals surface area contributed by atoms with Gasteiger partial charge >= 0.3 is 5.97 Å². The lowest BCUT2D eigenvalue weighted by atomic mass is 9.82. The van der Waals surface area contributed by atoms with Crippen molar-refractivity contribution in [3.63, 3.8) is 0 Å². The zero-order chi connectivity index (χ0) is 16.4. The Morgan fingerprint density at radius 1 is 1.32 bits per heavy atom. The van der Waals surface area contributed by atoms with Gasteiger partial charge in [0.25, 0.3) is 0 Å². The highest BCUT2D eigenvalue weighted by Gasteiger charge is 2.62. The van der Waals surface area contributed by atoms with Crippen molar-refractivity contribution in [1.29, 1.82) is 0 Å². The smallest absolute Gasteiger partial charge is 0.326 e. The molecule has 2 aliphatic carbocycles. The van der Waals surface area contributed by atoms with Crippen LogP contribution in [0, 0.1) is 29.1 Å². The number of aliphatic carboxylic acids is 1. The zero-order valence-corrected chi connectivity index (χ0v) is 13.0. The lowest BCUT2D eigenvalue weighted by molar-refractivity contribution is -0.151. The third-order valence-electron chi connectivity index (χ3n) is 5.40. The topological polar surface area (TPSA) is 101 Å². The number of rotatable bonds is 2. The Morgan fingerprint density at radius 2 is 1.91 bits per heavy atom. The van der Waals surface area contributed by atoms with Crippen LogP contribution in [-0.4, -0.2) is 46.3 Å². The van der Waals surface area contributed by atoms with Crippen LogP contribution in [0.25, 0.3) is 0 Å². The van der Waals surface area contributed by atoms with Crippen molar-refractivity contribution in [1.82, 2.24) is 4.90 Å². The summed E-state index contributed by atoms with van der Waals surface area (Å²) < 4.78 is 0. The first-order valence-electron chi connectivity index (χ1n) is 7.65. The average Bonchev–Trinajstić information content (AvgIpc) is 3.04. The molecule has 1 heterocycles. The van der Waals surface area contributed by atoms with Gasteiger partial charge in [-0.3, -0.25) is 9.59 Å². The minimum atomic E-state index is -1.05. The van der Waals surface area contributed by atoms with Gasteiger partial charge in [0.05, 0.1) is 6.04 Å². The highest BCUT2D eigenvalue weighted by molar-refractivity contribution is 5.96. The molecule has 2 bridgehead atoms. The number of nitrogens with two attached hydrogens (primary N) is 1. The number of likely N-dealkylation sites (tertiary alicyclic amines) is 1. The lowest BCUT2D eigenvalue weighted by Crippen LogP contribution is -2.54. The van der Waals surface area contributed by atoms with Crippen molar-refractivity contribution >= 4 is 17.7 Å². The second kappa shape index (κ2) is 4.65. The molecule has 0 spiro atoms. The van der Waals surface area contributed by atoms with E-state index in [4.69, 9.17) is 5.73 Å². The van der Waals surface area contributed by atoms with E-state index in [0.29, 0.717) is 6.54 Å². The molecule has 1 saturated carbocycles. The van der Waals surface area contributed by atoms with Gasteiger partial charge in [-0.2, -0.15) is 0 Å². The molecule has 0 radical (unpaired) electrons. The van der Waals surface area contributed by atoms with Crippen LogP contribution in [0.2, 0.25) is 0 Å². The quantitative estimate of drug-likeness (QED) is 0.713. The molecule has 1 saturated heterocycles. The lowest BCUT2D eigenvalue weighted by Gasteiger charge is -2.33. The number of allylic oxidation sites excluding steroid dienone is 2. The van der Waals surface area contributed by atoms with Crippen LogP contribution in [0.4, 0.5) is 0 Å². The van der Waals surface area contributed by atoms with Crippen molar-refractivity contribution in [3.05, 3.63) is 12.2 Å². The van der Waals surface area contributed by atoms with Gasteiger partial charge < -0.3 is 15.7 Å². The number of nitrogens with zero attached hydrogens (tertiary/aromatic N) is 1. The molecule has 1 aliphatic heterocycles. The maximum Gasteiger partial charge on any atom is 0.326 e. The van der Waals surface area contributed by atoms with Gasteiger partial charge in [-0.15, -0.1) is 0 Å². The largest absolute Gasteiger partial charge is 0.480 e. The number of carboxylic acids is 1. The van der Waals surface area contributed by atoms with Gasteiger partial charge in [0.1, 0.15) is 11.8 Å². The summed E-state index contributed by atoms with van der Waals surface area (Å²) in [6.07, 6.45) is 3.67. The van der Waals surface area contributed by atoms with E-state index in [1.807, 2.05) is 32.9 Å². The predicted octanol–water partition coefficient (Wildman–Crippen LogP) is 0.273. The van der Waals surface area contributed by atoms with Crippen LogP contribution in [0.15, 0.2) is 12.2 Å². The molecule has 6 nitrogen and oxygen atoms in total. The predicted molar refractivity (Wildman–Crippen MR) is 78.7 cm³/mol. The Hall–Kier alpha value is -1.69. The molecule has 0 aromatic heterocycles. The Morgan fingerprint density at radius 3 is 2.45 bits per heavy atom. The highest BCUT2D eigenvalue weighted by Crippen LogP contribution is 2.52. The number of Topliss-reactive ketones (excluding diaryl/α,β-unsaturated/α-hetero) is 1. The maximum absolute atomic E-state index is 12.7. The zero-order valence-electron chi connectivity index (χ0n) is 13.0. The summed E-state index contributed by atoms with van der Waals surface area (Å²) in [6, 6.07) is -1.70. The van der Waals surface area contributed by atoms with Gasteiger partial charge in [-0.1, -0.05) is 32.9 Å². The fourth-order valence-electron chi connectivity index (χ4n) is 4.12. The second-order valence-electron chi connectivity index (χ2n) is 7.70. The molecule has 0 aromatic carbocycles. The van der Waals surface area contributed by atoms with Gasteiger partial charge in [0.2, 0.25) is 5.91 Å². The molecule has 3 aliphatic rings.